The third-order valence-electron chi connectivity index (χ3n) is 6.13. The van der Waals surface area contributed by atoms with Gasteiger partial charge >= 0.3 is 0 Å². The van der Waals surface area contributed by atoms with Gasteiger partial charge in [0.25, 0.3) is 5.91 Å². The SMILES string of the molecule is COc1cc(C2c3c(oc4ccccc4c3=O)C(=O)N2c2ccc(C)c(C)c2)cc(Br)c1O. The van der Waals surface area contributed by atoms with Gasteiger partial charge in [0.2, 0.25) is 5.76 Å². The van der Waals surface area contributed by atoms with E-state index in [9.17, 15) is 14.7 Å². The van der Waals surface area contributed by atoms with Crippen molar-refractivity contribution in [1.82, 2.24) is 0 Å². The van der Waals surface area contributed by atoms with E-state index < -0.39 is 11.9 Å². The Kier molecular flexibility index (Phi) is 5.01. The van der Waals surface area contributed by atoms with Crippen molar-refractivity contribution in [2.45, 2.75) is 19.9 Å². The van der Waals surface area contributed by atoms with Gasteiger partial charge in [0.1, 0.15) is 5.58 Å². The number of phenols is 1. The molecule has 0 saturated carbocycles. The molecule has 166 valence electrons. The summed E-state index contributed by atoms with van der Waals surface area (Å²) >= 11 is 3.36. The van der Waals surface area contributed by atoms with Crippen LogP contribution in [0, 0.1) is 13.8 Å². The van der Waals surface area contributed by atoms with Crippen LogP contribution in [0.25, 0.3) is 11.0 Å². The zero-order chi connectivity index (χ0) is 23.4. The van der Waals surface area contributed by atoms with Crippen LogP contribution in [0.5, 0.6) is 11.5 Å². The highest BCUT2D eigenvalue weighted by molar-refractivity contribution is 9.10. The molecule has 5 rings (SSSR count). The molecule has 1 amide bonds. The molecule has 1 aliphatic heterocycles. The summed E-state index contributed by atoms with van der Waals surface area (Å²) in [7, 11) is 1.45. The van der Waals surface area contributed by atoms with E-state index in [1.807, 2.05) is 32.0 Å². The van der Waals surface area contributed by atoms with Crippen molar-refractivity contribution in [2.75, 3.05) is 12.0 Å². The Bertz CT molecular complexity index is 1510. The van der Waals surface area contributed by atoms with E-state index in [0.717, 1.165) is 11.1 Å². The predicted octanol–water partition coefficient (Wildman–Crippen LogP) is 5.64. The molecule has 0 radical (unpaired) electrons. The number of para-hydroxylation sites is 1. The van der Waals surface area contributed by atoms with Crippen LogP contribution in [-0.4, -0.2) is 18.1 Å². The molecule has 1 atom stereocenters. The Hall–Kier alpha value is -3.58. The summed E-state index contributed by atoms with van der Waals surface area (Å²) in [4.78, 5) is 28.9. The molecule has 6 nitrogen and oxygen atoms in total. The van der Waals surface area contributed by atoms with E-state index >= 15 is 0 Å². The van der Waals surface area contributed by atoms with Crippen LogP contribution in [0.2, 0.25) is 0 Å². The third-order valence-corrected chi connectivity index (χ3v) is 6.74. The van der Waals surface area contributed by atoms with Gasteiger partial charge in [-0.15, -0.1) is 0 Å². The number of phenolic OH excluding ortho intramolecular Hbond substituents is 1. The van der Waals surface area contributed by atoms with Crippen LogP contribution in [-0.2, 0) is 0 Å². The number of hydrogen-bond acceptors (Lipinski definition) is 5. The Morgan fingerprint density at radius 2 is 1.79 bits per heavy atom. The largest absolute Gasteiger partial charge is 0.503 e. The lowest BCUT2D eigenvalue weighted by molar-refractivity contribution is 0.0971. The number of aromatic hydroxyl groups is 1. The molecule has 1 aliphatic rings. The maximum atomic E-state index is 13.7. The average Bonchev–Trinajstić information content (AvgIpc) is 3.10. The van der Waals surface area contributed by atoms with Gasteiger partial charge in [0.05, 0.1) is 28.6 Å². The minimum absolute atomic E-state index is 0.0186. The van der Waals surface area contributed by atoms with Crippen LogP contribution < -0.4 is 15.1 Å². The van der Waals surface area contributed by atoms with Crippen LogP contribution in [0.15, 0.2) is 68.3 Å². The average molecular weight is 506 g/mol. The van der Waals surface area contributed by atoms with Gasteiger partial charge in [-0.3, -0.25) is 14.5 Å². The Morgan fingerprint density at radius 3 is 2.52 bits per heavy atom. The molecule has 1 unspecified atom stereocenters. The van der Waals surface area contributed by atoms with Gasteiger partial charge in [-0.1, -0.05) is 18.2 Å². The minimum atomic E-state index is -0.763. The number of ether oxygens (including phenoxy) is 1. The number of carbonyl (C=O) groups is 1. The van der Waals surface area contributed by atoms with E-state index in [1.54, 1.807) is 41.3 Å². The van der Waals surface area contributed by atoms with Gasteiger partial charge in [-0.2, -0.15) is 0 Å². The molecule has 3 aromatic carbocycles. The van der Waals surface area contributed by atoms with Crippen LogP contribution >= 0.6 is 15.9 Å². The summed E-state index contributed by atoms with van der Waals surface area (Å²) in [5.74, 6) is -0.214. The van der Waals surface area contributed by atoms with Crippen molar-refractivity contribution in [3.05, 3.63) is 97.3 Å². The first-order valence-corrected chi connectivity index (χ1v) is 11.1. The topological polar surface area (TPSA) is 80.0 Å². The van der Waals surface area contributed by atoms with Crippen molar-refractivity contribution >= 4 is 38.5 Å². The number of aryl methyl sites for hydroxylation is 2. The van der Waals surface area contributed by atoms with Crippen LogP contribution in [0.4, 0.5) is 5.69 Å². The van der Waals surface area contributed by atoms with Crippen LogP contribution in [0.1, 0.15) is 38.9 Å². The highest BCUT2D eigenvalue weighted by Gasteiger charge is 2.44. The number of methoxy groups -OCH3 is 1. The van der Waals surface area contributed by atoms with E-state index in [1.165, 1.54) is 7.11 Å². The smallest absolute Gasteiger partial charge is 0.295 e. The maximum Gasteiger partial charge on any atom is 0.295 e. The molecule has 0 saturated heterocycles. The summed E-state index contributed by atoms with van der Waals surface area (Å²) in [6.45, 7) is 3.97. The normalized spacial score (nSPS) is 15.2. The molecule has 1 N–H and O–H groups in total. The molecular weight excluding hydrogens is 486 g/mol. The molecule has 1 aromatic heterocycles. The number of benzene rings is 3. The molecule has 0 aliphatic carbocycles. The van der Waals surface area contributed by atoms with Crippen molar-refractivity contribution in [1.29, 1.82) is 0 Å². The summed E-state index contributed by atoms with van der Waals surface area (Å²) in [6.07, 6.45) is 0. The van der Waals surface area contributed by atoms with Gasteiger partial charge in [-0.25, -0.2) is 0 Å². The number of carbonyl (C=O) groups excluding carboxylic acids is 1. The number of fused-ring (bicyclic) bond motifs is 2. The van der Waals surface area contributed by atoms with E-state index in [-0.39, 0.29) is 28.3 Å². The summed E-state index contributed by atoms with van der Waals surface area (Å²) in [5, 5.41) is 10.7. The van der Waals surface area contributed by atoms with E-state index in [4.69, 9.17) is 9.15 Å². The number of hydrogen-bond donors (Lipinski definition) is 1. The molecule has 7 heteroatoms. The Labute approximate surface area is 198 Å². The molecule has 33 heavy (non-hydrogen) atoms. The Balaban J connectivity index is 1.84. The highest BCUT2D eigenvalue weighted by atomic mass is 79.9. The molecule has 0 bridgehead atoms. The first kappa shape index (κ1) is 21.3. The highest BCUT2D eigenvalue weighted by Crippen LogP contribution is 2.45. The zero-order valence-electron chi connectivity index (χ0n) is 18.2. The lowest BCUT2D eigenvalue weighted by Crippen LogP contribution is -2.29. The zero-order valence-corrected chi connectivity index (χ0v) is 19.8. The monoisotopic (exact) mass is 505 g/mol. The molecule has 4 aromatic rings. The first-order chi connectivity index (χ1) is 15.8. The van der Waals surface area contributed by atoms with Gasteiger partial charge in [-0.05, 0) is 82.9 Å². The van der Waals surface area contributed by atoms with Gasteiger partial charge in [0.15, 0.2) is 16.9 Å². The summed E-state index contributed by atoms with van der Waals surface area (Å²) in [6, 6.07) is 15.2. The van der Waals surface area contributed by atoms with Crippen molar-refractivity contribution in [3.63, 3.8) is 0 Å². The van der Waals surface area contributed by atoms with Crippen LogP contribution in [0.3, 0.4) is 0 Å². The minimum Gasteiger partial charge on any atom is -0.503 e. The summed E-state index contributed by atoms with van der Waals surface area (Å²) in [5.41, 5.74) is 3.71. The standard InChI is InChI=1S/C26H20BrNO5/c1-13-8-9-16(10-14(13)2)28-22(15-11-18(27)24(30)20(12-15)32-3)21-23(29)17-6-4-5-7-19(17)33-25(21)26(28)31/h4-12,22,30H,1-3H3. The number of amides is 1. The van der Waals surface area contributed by atoms with E-state index in [2.05, 4.69) is 15.9 Å². The fourth-order valence-electron chi connectivity index (χ4n) is 4.28. The molecule has 0 spiro atoms. The molecular formula is C26H20BrNO5. The summed E-state index contributed by atoms with van der Waals surface area (Å²) < 4.78 is 11.7. The second kappa shape index (κ2) is 7.78. The van der Waals surface area contributed by atoms with Gasteiger partial charge < -0.3 is 14.3 Å². The fourth-order valence-corrected chi connectivity index (χ4v) is 4.74. The Morgan fingerprint density at radius 1 is 1.03 bits per heavy atom. The first-order valence-electron chi connectivity index (χ1n) is 10.3. The molecule has 2 heterocycles. The fraction of sp³-hybridized carbons (Fsp3) is 0.154. The number of anilines is 1. The lowest BCUT2D eigenvalue weighted by atomic mass is 9.97. The number of halogens is 1. The van der Waals surface area contributed by atoms with Crippen molar-refractivity contribution in [2.24, 2.45) is 0 Å². The quantitative estimate of drug-likeness (QED) is 0.389. The van der Waals surface area contributed by atoms with E-state index in [0.29, 0.717) is 26.7 Å². The van der Waals surface area contributed by atoms with Gasteiger partial charge in [0, 0.05) is 5.69 Å². The molecule has 0 fully saturated rings. The second-order valence-electron chi connectivity index (χ2n) is 8.07. The second-order valence-corrected chi connectivity index (χ2v) is 8.92. The van der Waals surface area contributed by atoms with Crippen molar-refractivity contribution in [3.8, 4) is 11.5 Å². The van der Waals surface area contributed by atoms with Crippen molar-refractivity contribution < 1.29 is 19.1 Å². The third kappa shape index (κ3) is 3.23. The number of rotatable bonds is 3. The predicted molar refractivity (Wildman–Crippen MR) is 129 cm³/mol. The maximum absolute atomic E-state index is 13.7. The lowest BCUT2D eigenvalue weighted by Gasteiger charge is -2.26. The number of nitrogens with zero attached hydrogens (tertiary/aromatic N) is 1.